The van der Waals surface area contributed by atoms with Crippen molar-refractivity contribution in [2.75, 3.05) is 31.5 Å². The monoisotopic (exact) mass is 361 g/mol. The van der Waals surface area contributed by atoms with Gasteiger partial charge in [-0.05, 0) is 24.6 Å². The number of hydrogen-bond donors (Lipinski definition) is 3. The molecule has 0 aromatic heterocycles. The standard InChI is InChI=1S/C22H21N3O2/c1-20-11-24-13-21(18(20)26,15-7-3-2-4-8-15)14-25(12-20)22(24)16-9-5-6-10-17(16)23-19(22)27/h2-10H,11-14H2,1H3,(H,23,27)/p+2. The number of para-hydroxylation sites is 1. The lowest BCUT2D eigenvalue weighted by Gasteiger charge is -2.62. The van der Waals surface area contributed by atoms with Gasteiger partial charge in [0.15, 0.2) is 11.2 Å². The zero-order valence-corrected chi connectivity index (χ0v) is 15.3. The number of carbonyl (C=O) groups excluding carboxylic acids is 2. The summed E-state index contributed by atoms with van der Waals surface area (Å²) >= 11 is 0. The summed E-state index contributed by atoms with van der Waals surface area (Å²) in [5.74, 6) is 0.460. The van der Waals surface area contributed by atoms with Gasteiger partial charge in [0.2, 0.25) is 0 Å². The third-order valence-corrected chi connectivity index (χ3v) is 7.53. The highest BCUT2D eigenvalue weighted by Crippen LogP contribution is 2.42. The average Bonchev–Trinajstić information content (AvgIpc) is 2.96. The summed E-state index contributed by atoms with van der Waals surface area (Å²) in [7, 11) is 0. The van der Waals surface area contributed by atoms with Crippen molar-refractivity contribution >= 4 is 17.4 Å². The van der Waals surface area contributed by atoms with Crippen LogP contribution in [0.3, 0.4) is 0 Å². The van der Waals surface area contributed by atoms with Gasteiger partial charge in [-0.3, -0.25) is 19.4 Å². The number of Topliss-reactive ketones (excluding diaryl/α,β-unsaturated/α-hetero) is 1. The summed E-state index contributed by atoms with van der Waals surface area (Å²) in [6.07, 6.45) is 0. The molecule has 0 radical (unpaired) electrons. The number of quaternary nitrogens is 2. The second-order valence-electron chi connectivity index (χ2n) is 9.00. The van der Waals surface area contributed by atoms with Crippen molar-refractivity contribution in [1.82, 2.24) is 0 Å². The molecule has 1 amide bonds. The Morgan fingerprint density at radius 1 is 0.852 bits per heavy atom. The van der Waals surface area contributed by atoms with E-state index in [1.165, 1.54) is 9.80 Å². The van der Waals surface area contributed by atoms with E-state index in [1.54, 1.807) is 0 Å². The first-order valence-electron chi connectivity index (χ1n) is 9.72. The number of ketones is 1. The molecule has 4 bridgehead atoms. The predicted octanol–water partition coefficient (Wildman–Crippen LogP) is -0.884. The van der Waals surface area contributed by atoms with Gasteiger partial charge in [0.1, 0.15) is 37.2 Å². The molecule has 5 aliphatic rings. The summed E-state index contributed by atoms with van der Waals surface area (Å²) in [5.41, 5.74) is 1.66. The number of rotatable bonds is 1. The fourth-order valence-electron chi connectivity index (χ4n) is 6.65. The molecular weight excluding hydrogens is 338 g/mol. The number of amides is 1. The lowest BCUT2D eigenvalue weighted by molar-refractivity contribution is -1.20. The van der Waals surface area contributed by atoms with Crippen molar-refractivity contribution in [3.8, 4) is 0 Å². The summed E-state index contributed by atoms with van der Waals surface area (Å²) in [5, 5.41) is 3.13. The number of benzene rings is 2. The molecule has 5 heterocycles. The number of nitrogens with one attached hydrogen (secondary N) is 3. The van der Waals surface area contributed by atoms with Gasteiger partial charge < -0.3 is 5.32 Å². The van der Waals surface area contributed by atoms with Crippen LogP contribution in [0.4, 0.5) is 5.69 Å². The highest BCUT2D eigenvalue weighted by atomic mass is 16.2. The highest BCUT2D eigenvalue weighted by molar-refractivity contribution is 6.04. The van der Waals surface area contributed by atoms with E-state index >= 15 is 0 Å². The second kappa shape index (κ2) is 4.66. The zero-order valence-electron chi connectivity index (χ0n) is 15.3. The lowest BCUT2D eigenvalue weighted by Crippen LogP contribution is -3.49. The lowest BCUT2D eigenvalue weighted by atomic mass is 9.57. The smallest absolute Gasteiger partial charge is 0.314 e. The first kappa shape index (κ1) is 15.5. The van der Waals surface area contributed by atoms with E-state index in [4.69, 9.17) is 0 Å². The van der Waals surface area contributed by atoms with E-state index in [0.29, 0.717) is 18.9 Å². The molecule has 0 aliphatic carbocycles. The maximum atomic E-state index is 13.6. The number of piperidine rings is 2. The van der Waals surface area contributed by atoms with Gasteiger partial charge >= 0.3 is 11.6 Å². The topological polar surface area (TPSA) is 55.1 Å². The normalized spacial score (nSPS) is 41.1. The van der Waals surface area contributed by atoms with Crippen LogP contribution < -0.4 is 15.1 Å². The van der Waals surface area contributed by atoms with Crippen LogP contribution >= 0.6 is 0 Å². The average molecular weight is 361 g/mol. The van der Waals surface area contributed by atoms with Gasteiger partial charge in [-0.15, -0.1) is 0 Å². The third-order valence-electron chi connectivity index (χ3n) is 7.53. The van der Waals surface area contributed by atoms with Crippen molar-refractivity contribution < 1.29 is 19.4 Å². The maximum absolute atomic E-state index is 13.6. The summed E-state index contributed by atoms with van der Waals surface area (Å²) in [6.45, 7) is 4.95. The number of hydrogen-bond acceptors (Lipinski definition) is 2. The Balaban J connectivity index is 1.57. The fraction of sp³-hybridized carbons (Fsp3) is 0.364. The molecule has 4 fully saturated rings. The molecule has 2 aromatic carbocycles. The molecule has 5 aliphatic heterocycles. The molecule has 4 saturated heterocycles. The van der Waals surface area contributed by atoms with Crippen LogP contribution in [0.5, 0.6) is 0 Å². The number of anilines is 1. The van der Waals surface area contributed by atoms with Crippen molar-refractivity contribution in [1.29, 1.82) is 0 Å². The van der Waals surface area contributed by atoms with Crippen LogP contribution in [0, 0.1) is 5.41 Å². The molecular formula is C22H23N3O2+2. The zero-order chi connectivity index (χ0) is 18.4. The van der Waals surface area contributed by atoms with Gasteiger partial charge in [-0.25, -0.2) is 0 Å². The van der Waals surface area contributed by atoms with E-state index in [0.717, 1.165) is 29.9 Å². The Morgan fingerprint density at radius 2 is 1.48 bits per heavy atom. The molecule has 3 N–H and O–H groups in total. The van der Waals surface area contributed by atoms with Crippen LogP contribution in [0.1, 0.15) is 18.1 Å². The Morgan fingerprint density at radius 3 is 2.19 bits per heavy atom. The maximum Gasteiger partial charge on any atom is 0.351 e. The molecule has 27 heavy (non-hydrogen) atoms. The van der Waals surface area contributed by atoms with Gasteiger partial charge in [0.25, 0.3) is 0 Å². The molecule has 5 nitrogen and oxygen atoms in total. The Hall–Kier alpha value is -2.50. The van der Waals surface area contributed by atoms with Gasteiger partial charge in [0.05, 0.1) is 5.69 Å². The fourth-order valence-corrected chi connectivity index (χ4v) is 6.65. The van der Waals surface area contributed by atoms with Gasteiger partial charge in [-0.1, -0.05) is 42.5 Å². The number of fused-ring (bicyclic) bond motifs is 1. The quantitative estimate of drug-likeness (QED) is 0.618. The second-order valence-corrected chi connectivity index (χ2v) is 9.00. The first-order valence-corrected chi connectivity index (χ1v) is 9.72. The van der Waals surface area contributed by atoms with E-state index in [9.17, 15) is 9.59 Å². The molecule has 1 spiro atoms. The molecule has 136 valence electrons. The van der Waals surface area contributed by atoms with Crippen LogP contribution in [0.2, 0.25) is 0 Å². The van der Waals surface area contributed by atoms with Crippen molar-refractivity contribution in [2.24, 2.45) is 5.41 Å². The van der Waals surface area contributed by atoms with Crippen LogP contribution in [-0.2, 0) is 20.7 Å². The van der Waals surface area contributed by atoms with Crippen molar-refractivity contribution in [3.05, 3.63) is 65.7 Å². The first-order chi connectivity index (χ1) is 13.0. The largest absolute Gasteiger partial charge is 0.351 e. The predicted molar refractivity (Wildman–Crippen MR) is 99.4 cm³/mol. The van der Waals surface area contributed by atoms with E-state index in [1.807, 2.05) is 36.4 Å². The van der Waals surface area contributed by atoms with Gasteiger partial charge in [0, 0.05) is 0 Å². The van der Waals surface area contributed by atoms with Gasteiger partial charge in [-0.2, -0.15) is 0 Å². The molecule has 7 rings (SSSR count). The van der Waals surface area contributed by atoms with E-state index < -0.39 is 11.1 Å². The molecule has 2 aromatic rings. The Bertz CT molecular complexity index is 984. The van der Waals surface area contributed by atoms with Crippen LogP contribution in [0.15, 0.2) is 54.6 Å². The molecule has 0 saturated carbocycles. The summed E-state index contributed by atoms with van der Waals surface area (Å²) in [4.78, 5) is 29.4. The van der Waals surface area contributed by atoms with Crippen molar-refractivity contribution in [2.45, 2.75) is 18.0 Å². The Labute approximate surface area is 158 Å². The molecule has 2 unspecified atom stereocenters. The minimum Gasteiger partial charge on any atom is -0.314 e. The van der Waals surface area contributed by atoms with E-state index in [2.05, 4.69) is 30.4 Å². The minimum atomic E-state index is -0.616. The SMILES string of the molecule is CC12C[NH+]3CC(c4ccccc4)(C[NH+](C1)C31C(=O)Nc3ccccc31)C2=O. The highest BCUT2D eigenvalue weighted by Gasteiger charge is 2.79. The molecule has 5 heteroatoms. The Kier molecular flexibility index (Phi) is 2.69. The summed E-state index contributed by atoms with van der Waals surface area (Å²) in [6, 6.07) is 18.3. The summed E-state index contributed by atoms with van der Waals surface area (Å²) < 4.78 is 0. The number of carbonyl (C=O) groups is 2. The van der Waals surface area contributed by atoms with Crippen LogP contribution in [0.25, 0.3) is 0 Å². The third kappa shape index (κ3) is 1.60. The van der Waals surface area contributed by atoms with Crippen LogP contribution in [-0.4, -0.2) is 37.9 Å². The molecule has 2 atom stereocenters. The van der Waals surface area contributed by atoms with Crippen molar-refractivity contribution in [3.63, 3.8) is 0 Å². The van der Waals surface area contributed by atoms with E-state index in [-0.39, 0.29) is 11.3 Å². The minimum absolute atomic E-state index is 0.0896.